The van der Waals surface area contributed by atoms with Crippen LogP contribution in [0, 0.1) is 6.92 Å². The molecular formula is C61H48N2O2. The predicted octanol–water partition coefficient (Wildman–Crippen LogP) is 18.2. The van der Waals surface area contributed by atoms with Crippen molar-refractivity contribution in [3.8, 4) is 11.1 Å². The van der Waals surface area contributed by atoms with Gasteiger partial charge in [0, 0.05) is 60.1 Å². The van der Waals surface area contributed by atoms with Gasteiger partial charge in [-0.25, -0.2) is 0 Å². The molecule has 0 atom stereocenters. The molecule has 314 valence electrons. The average Bonchev–Trinajstić information content (AvgIpc) is 3.89. The Kier molecular flexibility index (Phi) is 7.73. The highest BCUT2D eigenvalue weighted by molar-refractivity contribution is 6.33. The molecule has 1 aliphatic rings. The molecule has 0 N–H and O–H groups in total. The van der Waals surface area contributed by atoms with Gasteiger partial charge in [-0.15, -0.1) is 0 Å². The molecule has 0 amide bonds. The van der Waals surface area contributed by atoms with E-state index in [4.69, 9.17) is 8.83 Å². The first kappa shape index (κ1) is 37.9. The van der Waals surface area contributed by atoms with Gasteiger partial charge in [0.1, 0.15) is 11.2 Å². The highest BCUT2D eigenvalue weighted by Crippen LogP contribution is 2.57. The van der Waals surface area contributed by atoms with E-state index in [0.717, 1.165) is 78.0 Å². The number of nitrogens with zero attached hydrogens (tertiary/aromatic N) is 2. The molecule has 0 aliphatic carbocycles. The zero-order valence-corrected chi connectivity index (χ0v) is 37.8. The van der Waals surface area contributed by atoms with E-state index in [1.807, 2.05) is 0 Å². The number of fused-ring (bicyclic) bond motifs is 8. The Morgan fingerprint density at radius 1 is 0.385 bits per heavy atom. The third kappa shape index (κ3) is 5.31. The first-order valence-corrected chi connectivity index (χ1v) is 22.8. The van der Waals surface area contributed by atoms with E-state index in [1.54, 1.807) is 0 Å². The molecule has 0 radical (unpaired) electrons. The molecular weight excluding hydrogens is 793 g/mol. The average molecular weight is 841 g/mol. The second kappa shape index (κ2) is 13.2. The molecule has 12 aromatic rings. The Morgan fingerprint density at radius 2 is 0.954 bits per heavy atom. The molecule has 4 heteroatoms. The van der Waals surface area contributed by atoms with Crippen LogP contribution in [-0.2, 0) is 10.8 Å². The number of anilines is 6. The van der Waals surface area contributed by atoms with Crippen molar-refractivity contribution in [2.24, 2.45) is 0 Å². The minimum Gasteiger partial charge on any atom is -0.454 e. The molecule has 3 heterocycles. The van der Waals surface area contributed by atoms with Gasteiger partial charge in [0.05, 0.1) is 28.4 Å². The van der Waals surface area contributed by atoms with Gasteiger partial charge in [-0.2, -0.15) is 0 Å². The normalized spacial score (nSPS) is 13.1. The lowest BCUT2D eigenvalue weighted by Crippen LogP contribution is -2.15. The van der Waals surface area contributed by atoms with Crippen molar-refractivity contribution >= 4 is 110 Å². The van der Waals surface area contributed by atoms with Crippen molar-refractivity contribution in [3.63, 3.8) is 0 Å². The molecule has 65 heavy (non-hydrogen) atoms. The number of aryl methyl sites for hydroxylation is 1. The van der Waals surface area contributed by atoms with E-state index in [9.17, 15) is 0 Å². The molecule has 4 nitrogen and oxygen atoms in total. The fraction of sp³-hybridized carbons (Fsp3) is 0.148. The van der Waals surface area contributed by atoms with E-state index >= 15 is 0 Å². The molecule has 2 aromatic heterocycles. The Bertz CT molecular complexity index is 3940. The molecule has 0 unspecified atom stereocenters. The Hall–Kier alpha value is -7.56. The second-order valence-electron chi connectivity index (χ2n) is 20.1. The molecule has 10 aromatic carbocycles. The maximum absolute atomic E-state index is 7.09. The maximum atomic E-state index is 7.09. The van der Waals surface area contributed by atoms with Crippen molar-refractivity contribution in [1.82, 2.24) is 0 Å². The Labute approximate surface area is 378 Å². The van der Waals surface area contributed by atoms with Gasteiger partial charge in [-0.1, -0.05) is 163 Å². The Balaban J connectivity index is 1.10. The lowest BCUT2D eigenvalue weighted by Gasteiger charge is -2.34. The van der Waals surface area contributed by atoms with Crippen molar-refractivity contribution in [1.29, 1.82) is 0 Å². The summed E-state index contributed by atoms with van der Waals surface area (Å²) < 4.78 is 14.1. The van der Waals surface area contributed by atoms with Crippen LogP contribution in [-0.4, -0.2) is 0 Å². The minimum absolute atomic E-state index is 0.0751. The standard InChI is InChI=1S/C61H48N2O2/c1-35-16-8-10-24-47(35)62(51-26-14-20-41-39-18-12-22-45(60(2,3)4)56(39)64-58(41)51)49-32-30-37-34-44-38-17-9-11-25-48(38)63(50-33-29-36-28-31-43(49)53(37)54(36)55(44)50)52-27-15-21-42-40-19-13-23-46(61(5,6)7)57(40)65-59(42)52/h8-34H,1-7H3. The first-order chi connectivity index (χ1) is 31.5. The van der Waals surface area contributed by atoms with Gasteiger partial charge < -0.3 is 18.6 Å². The fourth-order valence-corrected chi connectivity index (χ4v) is 11.1. The van der Waals surface area contributed by atoms with Crippen LogP contribution in [0.2, 0.25) is 0 Å². The van der Waals surface area contributed by atoms with E-state index < -0.39 is 0 Å². The SMILES string of the molecule is Cc1ccccc1N(c1ccc2cc3c4c(ccc5ccc1c2c54)N(c1cccc2c1oc1c(C(C)(C)C)cccc12)c1ccccc1-3)c1cccc2c1oc1c(C(C)(C)C)cccc12. The zero-order chi connectivity index (χ0) is 44.1. The van der Waals surface area contributed by atoms with Crippen molar-refractivity contribution < 1.29 is 8.83 Å². The van der Waals surface area contributed by atoms with Crippen LogP contribution in [0.1, 0.15) is 58.2 Å². The molecule has 0 saturated heterocycles. The topological polar surface area (TPSA) is 32.8 Å². The summed E-state index contributed by atoms with van der Waals surface area (Å²) in [5, 5.41) is 11.9. The van der Waals surface area contributed by atoms with E-state index in [-0.39, 0.29) is 10.8 Å². The van der Waals surface area contributed by atoms with Gasteiger partial charge >= 0.3 is 0 Å². The number of furan rings is 2. The largest absolute Gasteiger partial charge is 0.454 e. The number of hydrogen-bond donors (Lipinski definition) is 0. The summed E-state index contributed by atoms with van der Waals surface area (Å²) in [5.41, 5.74) is 16.1. The van der Waals surface area contributed by atoms with Crippen molar-refractivity contribution in [2.75, 3.05) is 9.80 Å². The number of para-hydroxylation sites is 6. The van der Waals surface area contributed by atoms with Gasteiger partial charge in [-0.05, 0) is 87.5 Å². The summed E-state index contributed by atoms with van der Waals surface area (Å²) in [4.78, 5) is 4.89. The molecule has 1 aliphatic heterocycles. The smallest absolute Gasteiger partial charge is 0.159 e. The highest BCUT2D eigenvalue weighted by atomic mass is 16.3. The number of rotatable bonds is 4. The first-order valence-electron chi connectivity index (χ1n) is 22.8. The number of benzene rings is 10. The third-order valence-corrected chi connectivity index (χ3v) is 14.1. The fourth-order valence-electron chi connectivity index (χ4n) is 11.1. The molecule has 0 saturated carbocycles. The predicted molar refractivity (Wildman–Crippen MR) is 275 cm³/mol. The minimum atomic E-state index is -0.0833. The lowest BCUT2D eigenvalue weighted by molar-refractivity contribution is 0.572. The lowest BCUT2D eigenvalue weighted by atomic mass is 9.84. The van der Waals surface area contributed by atoms with E-state index in [2.05, 4.69) is 222 Å². The van der Waals surface area contributed by atoms with Gasteiger partial charge in [-0.3, -0.25) is 0 Å². The van der Waals surface area contributed by atoms with E-state index in [0.29, 0.717) is 0 Å². The van der Waals surface area contributed by atoms with Crippen LogP contribution >= 0.6 is 0 Å². The third-order valence-electron chi connectivity index (χ3n) is 14.1. The van der Waals surface area contributed by atoms with Crippen LogP contribution in [0.3, 0.4) is 0 Å². The van der Waals surface area contributed by atoms with Crippen LogP contribution in [0.15, 0.2) is 173 Å². The maximum Gasteiger partial charge on any atom is 0.159 e. The van der Waals surface area contributed by atoms with Crippen LogP contribution in [0.4, 0.5) is 34.1 Å². The molecule has 0 fully saturated rings. The van der Waals surface area contributed by atoms with Gasteiger partial charge in [0.25, 0.3) is 0 Å². The van der Waals surface area contributed by atoms with E-state index in [1.165, 1.54) is 60.1 Å². The summed E-state index contributed by atoms with van der Waals surface area (Å²) in [6.45, 7) is 15.8. The van der Waals surface area contributed by atoms with Crippen LogP contribution < -0.4 is 9.80 Å². The molecule has 0 bridgehead atoms. The molecule has 0 spiro atoms. The molecule has 13 rings (SSSR count). The second-order valence-corrected chi connectivity index (χ2v) is 20.1. The Morgan fingerprint density at radius 3 is 1.68 bits per heavy atom. The number of hydrogen-bond acceptors (Lipinski definition) is 4. The highest BCUT2D eigenvalue weighted by Gasteiger charge is 2.32. The van der Waals surface area contributed by atoms with Crippen LogP contribution in [0.5, 0.6) is 0 Å². The van der Waals surface area contributed by atoms with Crippen LogP contribution in [0.25, 0.3) is 87.3 Å². The van der Waals surface area contributed by atoms with Crippen molar-refractivity contribution in [3.05, 3.63) is 180 Å². The van der Waals surface area contributed by atoms with Crippen molar-refractivity contribution in [2.45, 2.75) is 59.3 Å². The van der Waals surface area contributed by atoms with Gasteiger partial charge in [0.2, 0.25) is 0 Å². The summed E-state index contributed by atoms with van der Waals surface area (Å²) in [7, 11) is 0. The monoisotopic (exact) mass is 840 g/mol. The zero-order valence-electron chi connectivity index (χ0n) is 37.8. The summed E-state index contributed by atoms with van der Waals surface area (Å²) in [5.74, 6) is 0. The summed E-state index contributed by atoms with van der Waals surface area (Å²) in [6.07, 6.45) is 0. The van der Waals surface area contributed by atoms with Gasteiger partial charge in [0.15, 0.2) is 11.2 Å². The quantitative estimate of drug-likeness (QED) is 0.165. The summed E-state index contributed by atoms with van der Waals surface area (Å²) >= 11 is 0. The summed E-state index contributed by atoms with van der Waals surface area (Å²) in [6, 6.07) is 60.3.